The van der Waals surface area contributed by atoms with E-state index >= 15 is 0 Å². The maximum atomic E-state index is 12.4. The summed E-state index contributed by atoms with van der Waals surface area (Å²) >= 11 is 1.54. The van der Waals surface area contributed by atoms with Gasteiger partial charge < -0.3 is 9.84 Å². The number of rotatable bonds is 6. The van der Waals surface area contributed by atoms with Crippen molar-refractivity contribution < 1.29 is 9.32 Å². The minimum atomic E-state index is -0.251. The van der Waals surface area contributed by atoms with Crippen LogP contribution in [-0.4, -0.2) is 32.4 Å². The first kappa shape index (κ1) is 18.1. The van der Waals surface area contributed by atoms with Gasteiger partial charge in [-0.05, 0) is 49.4 Å². The quantitative estimate of drug-likeness (QED) is 0.541. The van der Waals surface area contributed by atoms with E-state index in [1.54, 1.807) is 23.6 Å². The number of nitrogens with zero attached hydrogens (tertiary/aromatic N) is 4. The highest BCUT2D eigenvalue weighted by Gasteiger charge is 2.16. The molecular weight excluding hydrogens is 374 g/mol. The number of aromatic nitrogens is 4. The molecule has 0 atom stereocenters. The van der Waals surface area contributed by atoms with Crippen molar-refractivity contribution >= 4 is 17.2 Å². The summed E-state index contributed by atoms with van der Waals surface area (Å²) in [6, 6.07) is 11.2. The molecule has 7 nitrogen and oxygen atoms in total. The Morgan fingerprint density at radius 3 is 2.89 bits per heavy atom. The standard InChI is InChI=1S/C20H19N5O2S/c1-13-15(14(2)25(23-13)19-7-3-4-9-21-19)8-10-22-20(26)16-12-17(27-24-16)18-6-5-11-28-18/h3-7,9,11-12H,8,10H2,1-2H3,(H,22,26). The Bertz CT molecular complexity index is 1080. The van der Waals surface area contributed by atoms with E-state index in [2.05, 4.69) is 20.6 Å². The summed E-state index contributed by atoms with van der Waals surface area (Å²) in [5.41, 5.74) is 3.33. The number of pyridine rings is 1. The van der Waals surface area contributed by atoms with Crippen LogP contribution in [0.25, 0.3) is 16.5 Å². The fourth-order valence-electron chi connectivity index (χ4n) is 3.05. The normalized spacial score (nSPS) is 10.9. The number of thiophene rings is 1. The zero-order valence-corrected chi connectivity index (χ0v) is 16.4. The van der Waals surface area contributed by atoms with E-state index < -0.39 is 0 Å². The van der Waals surface area contributed by atoms with Crippen LogP contribution in [0.2, 0.25) is 0 Å². The molecule has 0 aliphatic heterocycles. The second-order valence-electron chi connectivity index (χ2n) is 6.31. The summed E-state index contributed by atoms with van der Waals surface area (Å²) in [7, 11) is 0. The van der Waals surface area contributed by atoms with Gasteiger partial charge in [-0.3, -0.25) is 4.79 Å². The third-order valence-corrected chi connectivity index (χ3v) is 5.36. The van der Waals surface area contributed by atoms with Crippen molar-refractivity contribution in [2.45, 2.75) is 20.3 Å². The Labute approximate surface area is 166 Å². The third kappa shape index (κ3) is 3.59. The lowest BCUT2D eigenvalue weighted by molar-refractivity contribution is 0.0945. The van der Waals surface area contributed by atoms with Gasteiger partial charge in [-0.1, -0.05) is 17.3 Å². The molecule has 142 valence electrons. The summed E-state index contributed by atoms with van der Waals surface area (Å²) in [5.74, 6) is 1.13. The van der Waals surface area contributed by atoms with Gasteiger partial charge in [0.15, 0.2) is 17.3 Å². The Hall–Kier alpha value is -3.26. The monoisotopic (exact) mass is 393 g/mol. The predicted molar refractivity (Wildman–Crippen MR) is 107 cm³/mol. The summed E-state index contributed by atoms with van der Waals surface area (Å²) in [6.07, 6.45) is 2.42. The van der Waals surface area contributed by atoms with Gasteiger partial charge in [-0.2, -0.15) is 5.10 Å². The first-order chi connectivity index (χ1) is 13.6. The number of carbonyl (C=O) groups is 1. The fraction of sp³-hybridized carbons (Fsp3) is 0.200. The molecule has 0 bridgehead atoms. The largest absolute Gasteiger partial charge is 0.355 e. The lowest BCUT2D eigenvalue weighted by Crippen LogP contribution is -2.26. The van der Waals surface area contributed by atoms with Crippen LogP contribution >= 0.6 is 11.3 Å². The first-order valence-electron chi connectivity index (χ1n) is 8.89. The summed E-state index contributed by atoms with van der Waals surface area (Å²) in [5, 5.41) is 13.3. The average molecular weight is 393 g/mol. The van der Waals surface area contributed by atoms with E-state index in [-0.39, 0.29) is 11.6 Å². The van der Waals surface area contributed by atoms with Crippen LogP contribution in [0.1, 0.15) is 27.4 Å². The minimum absolute atomic E-state index is 0.251. The fourth-order valence-corrected chi connectivity index (χ4v) is 3.72. The molecular formula is C20H19N5O2S. The van der Waals surface area contributed by atoms with Crippen LogP contribution in [0, 0.1) is 13.8 Å². The van der Waals surface area contributed by atoms with Gasteiger partial charge in [0.25, 0.3) is 5.91 Å². The lowest BCUT2D eigenvalue weighted by atomic mass is 10.1. The molecule has 0 radical (unpaired) electrons. The van der Waals surface area contributed by atoms with Crippen molar-refractivity contribution in [1.82, 2.24) is 25.2 Å². The van der Waals surface area contributed by atoms with Crippen LogP contribution in [0.15, 0.2) is 52.5 Å². The van der Waals surface area contributed by atoms with Crippen molar-refractivity contribution in [3.8, 4) is 16.5 Å². The molecule has 0 aliphatic carbocycles. The van der Waals surface area contributed by atoms with Crippen LogP contribution in [0.3, 0.4) is 0 Å². The van der Waals surface area contributed by atoms with Crippen LogP contribution in [-0.2, 0) is 6.42 Å². The Morgan fingerprint density at radius 2 is 2.14 bits per heavy atom. The molecule has 0 aliphatic rings. The number of aryl methyl sites for hydroxylation is 1. The number of carbonyl (C=O) groups excluding carboxylic acids is 1. The van der Waals surface area contributed by atoms with E-state index in [0.717, 1.165) is 27.6 Å². The van der Waals surface area contributed by atoms with E-state index in [1.165, 1.54) is 0 Å². The molecule has 0 unspecified atom stereocenters. The zero-order chi connectivity index (χ0) is 19.5. The number of nitrogens with one attached hydrogen (secondary N) is 1. The first-order valence-corrected chi connectivity index (χ1v) is 9.77. The Morgan fingerprint density at radius 1 is 1.25 bits per heavy atom. The number of hydrogen-bond donors (Lipinski definition) is 1. The topological polar surface area (TPSA) is 85.8 Å². The summed E-state index contributed by atoms with van der Waals surface area (Å²) in [6.45, 7) is 4.46. The van der Waals surface area contributed by atoms with E-state index in [0.29, 0.717) is 18.7 Å². The number of amides is 1. The molecule has 1 N–H and O–H groups in total. The Kier molecular flexibility index (Phi) is 5.03. The molecule has 4 aromatic rings. The van der Waals surface area contributed by atoms with Crippen molar-refractivity contribution in [1.29, 1.82) is 0 Å². The molecule has 0 fully saturated rings. The van der Waals surface area contributed by atoms with Gasteiger partial charge in [-0.15, -0.1) is 11.3 Å². The van der Waals surface area contributed by atoms with Crippen molar-refractivity contribution in [3.05, 3.63) is 70.6 Å². The highest BCUT2D eigenvalue weighted by atomic mass is 32.1. The maximum Gasteiger partial charge on any atom is 0.273 e. The zero-order valence-electron chi connectivity index (χ0n) is 15.5. The second kappa shape index (κ2) is 7.77. The molecule has 8 heteroatoms. The van der Waals surface area contributed by atoms with E-state index in [9.17, 15) is 4.79 Å². The molecule has 28 heavy (non-hydrogen) atoms. The summed E-state index contributed by atoms with van der Waals surface area (Å²) < 4.78 is 7.10. The average Bonchev–Trinajstić information content (AvgIpc) is 3.45. The molecule has 4 aromatic heterocycles. The molecule has 0 saturated heterocycles. The maximum absolute atomic E-state index is 12.4. The smallest absolute Gasteiger partial charge is 0.273 e. The molecule has 4 heterocycles. The van der Waals surface area contributed by atoms with Crippen molar-refractivity contribution in [3.63, 3.8) is 0 Å². The van der Waals surface area contributed by atoms with E-state index in [1.807, 2.05) is 54.2 Å². The summed E-state index contributed by atoms with van der Waals surface area (Å²) in [4.78, 5) is 17.6. The van der Waals surface area contributed by atoms with Gasteiger partial charge in [0.1, 0.15) is 0 Å². The van der Waals surface area contributed by atoms with Gasteiger partial charge in [0, 0.05) is 24.5 Å². The van der Waals surface area contributed by atoms with Crippen LogP contribution in [0.5, 0.6) is 0 Å². The predicted octanol–water partition coefficient (Wildman–Crippen LogP) is 3.57. The molecule has 1 amide bonds. The van der Waals surface area contributed by atoms with Gasteiger partial charge in [0.2, 0.25) is 0 Å². The molecule has 0 spiro atoms. The highest BCUT2D eigenvalue weighted by Crippen LogP contribution is 2.25. The minimum Gasteiger partial charge on any atom is -0.355 e. The van der Waals surface area contributed by atoms with Crippen molar-refractivity contribution in [2.75, 3.05) is 6.54 Å². The molecule has 4 rings (SSSR count). The SMILES string of the molecule is Cc1nn(-c2ccccn2)c(C)c1CCNC(=O)c1cc(-c2cccs2)on1. The van der Waals surface area contributed by atoms with Crippen LogP contribution in [0.4, 0.5) is 0 Å². The highest BCUT2D eigenvalue weighted by molar-refractivity contribution is 7.13. The second-order valence-corrected chi connectivity index (χ2v) is 7.26. The van der Waals surface area contributed by atoms with Gasteiger partial charge in [-0.25, -0.2) is 9.67 Å². The molecule has 0 aromatic carbocycles. The van der Waals surface area contributed by atoms with Gasteiger partial charge in [0.05, 0.1) is 10.6 Å². The molecule has 0 saturated carbocycles. The Balaban J connectivity index is 1.40. The van der Waals surface area contributed by atoms with Gasteiger partial charge >= 0.3 is 0 Å². The third-order valence-electron chi connectivity index (χ3n) is 4.47. The van der Waals surface area contributed by atoms with Crippen LogP contribution < -0.4 is 5.32 Å². The number of hydrogen-bond acceptors (Lipinski definition) is 6. The lowest BCUT2D eigenvalue weighted by Gasteiger charge is -2.05. The van der Waals surface area contributed by atoms with E-state index in [4.69, 9.17) is 4.52 Å². The van der Waals surface area contributed by atoms with Crippen molar-refractivity contribution in [2.24, 2.45) is 0 Å².